The van der Waals surface area contributed by atoms with Crippen LogP contribution in [0.25, 0.3) is 0 Å². The molecule has 2 N–H and O–H groups in total. The van der Waals surface area contributed by atoms with Gasteiger partial charge in [0.2, 0.25) is 0 Å². The Morgan fingerprint density at radius 1 is 1.20 bits per heavy atom. The van der Waals surface area contributed by atoms with Gasteiger partial charge in [-0.1, -0.05) is 6.42 Å². The number of nitrogens with two attached hydrogens (primary N) is 1. The van der Waals surface area contributed by atoms with E-state index in [1.54, 1.807) is 0 Å². The molecule has 0 atom stereocenters. The number of halogens is 3. The van der Waals surface area contributed by atoms with Crippen molar-refractivity contribution >= 4 is 0 Å². The van der Waals surface area contributed by atoms with E-state index in [1.165, 1.54) is 6.42 Å². The van der Waals surface area contributed by atoms with Crippen molar-refractivity contribution in [2.75, 3.05) is 19.6 Å². The predicted molar refractivity (Wildman–Crippen MR) is 53.6 cm³/mol. The SMILES string of the molecule is NCCN(CCCC(F)(F)F)C1CCC1. The van der Waals surface area contributed by atoms with Gasteiger partial charge in [-0.2, -0.15) is 13.2 Å². The topological polar surface area (TPSA) is 29.3 Å². The van der Waals surface area contributed by atoms with E-state index in [0.29, 0.717) is 19.1 Å². The summed E-state index contributed by atoms with van der Waals surface area (Å²) in [6.45, 7) is 1.78. The third-order valence-corrected chi connectivity index (χ3v) is 2.91. The van der Waals surface area contributed by atoms with E-state index in [2.05, 4.69) is 4.90 Å². The lowest BCUT2D eigenvalue weighted by Gasteiger charge is -2.37. The molecule has 15 heavy (non-hydrogen) atoms. The largest absolute Gasteiger partial charge is 0.389 e. The molecular formula is C10H19F3N2. The Bertz CT molecular complexity index is 178. The van der Waals surface area contributed by atoms with Gasteiger partial charge in [-0.15, -0.1) is 0 Å². The number of rotatable bonds is 6. The molecule has 2 nitrogen and oxygen atoms in total. The summed E-state index contributed by atoms with van der Waals surface area (Å²) in [7, 11) is 0. The summed E-state index contributed by atoms with van der Waals surface area (Å²) in [5.41, 5.74) is 5.44. The fourth-order valence-corrected chi connectivity index (χ4v) is 1.88. The van der Waals surface area contributed by atoms with Crippen LogP contribution in [0.2, 0.25) is 0 Å². The number of alkyl halides is 3. The molecule has 0 spiro atoms. The summed E-state index contributed by atoms with van der Waals surface area (Å²) in [5.74, 6) is 0. The van der Waals surface area contributed by atoms with Crippen molar-refractivity contribution in [1.29, 1.82) is 0 Å². The van der Waals surface area contributed by atoms with Crippen LogP contribution in [0, 0.1) is 0 Å². The lowest BCUT2D eigenvalue weighted by atomic mass is 9.91. The average molecular weight is 224 g/mol. The van der Waals surface area contributed by atoms with Gasteiger partial charge in [0, 0.05) is 25.6 Å². The van der Waals surface area contributed by atoms with E-state index in [1.807, 2.05) is 0 Å². The molecule has 0 amide bonds. The van der Waals surface area contributed by atoms with E-state index in [-0.39, 0.29) is 6.42 Å². The molecule has 1 fully saturated rings. The Hall–Kier alpha value is -0.290. The fourth-order valence-electron chi connectivity index (χ4n) is 1.88. The molecule has 1 aliphatic rings. The Balaban J connectivity index is 2.19. The van der Waals surface area contributed by atoms with Crippen molar-refractivity contribution in [2.24, 2.45) is 5.73 Å². The van der Waals surface area contributed by atoms with Gasteiger partial charge >= 0.3 is 6.18 Å². The van der Waals surface area contributed by atoms with Gasteiger partial charge in [0.1, 0.15) is 0 Å². The van der Waals surface area contributed by atoms with E-state index >= 15 is 0 Å². The van der Waals surface area contributed by atoms with Crippen LogP contribution >= 0.6 is 0 Å². The minimum atomic E-state index is -4.02. The molecular weight excluding hydrogens is 205 g/mol. The number of hydrogen-bond acceptors (Lipinski definition) is 2. The molecule has 0 bridgehead atoms. The molecule has 0 heterocycles. The van der Waals surface area contributed by atoms with Crippen molar-refractivity contribution in [1.82, 2.24) is 4.90 Å². The molecule has 1 saturated carbocycles. The van der Waals surface area contributed by atoms with E-state index in [4.69, 9.17) is 5.73 Å². The normalized spacial score (nSPS) is 18.2. The zero-order valence-electron chi connectivity index (χ0n) is 8.89. The maximum Gasteiger partial charge on any atom is 0.389 e. The van der Waals surface area contributed by atoms with Crippen molar-refractivity contribution in [3.63, 3.8) is 0 Å². The standard InChI is InChI=1S/C10H19F3N2/c11-10(12,13)5-2-7-15(8-6-14)9-3-1-4-9/h9H,1-8,14H2. The van der Waals surface area contributed by atoms with E-state index in [9.17, 15) is 13.2 Å². The van der Waals surface area contributed by atoms with Crippen LogP contribution < -0.4 is 5.73 Å². The molecule has 0 aromatic carbocycles. The van der Waals surface area contributed by atoms with Gasteiger partial charge in [-0.05, 0) is 25.8 Å². The van der Waals surface area contributed by atoms with Gasteiger partial charge in [0.05, 0.1) is 0 Å². The van der Waals surface area contributed by atoms with Crippen molar-refractivity contribution in [3.8, 4) is 0 Å². The van der Waals surface area contributed by atoms with Crippen LogP contribution in [0.3, 0.4) is 0 Å². The first-order valence-electron chi connectivity index (χ1n) is 5.54. The number of hydrogen-bond donors (Lipinski definition) is 1. The lowest BCUT2D eigenvalue weighted by molar-refractivity contribution is -0.136. The maximum absolute atomic E-state index is 11.9. The van der Waals surface area contributed by atoms with Gasteiger partial charge in [-0.3, -0.25) is 4.90 Å². The van der Waals surface area contributed by atoms with Crippen LogP contribution in [-0.4, -0.2) is 36.8 Å². The first-order valence-corrected chi connectivity index (χ1v) is 5.54. The third-order valence-electron chi connectivity index (χ3n) is 2.91. The van der Waals surface area contributed by atoms with Crippen LogP contribution in [0.15, 0.2) is 0 Å². The van der Waals surface area contributed by atoms with Gasteiger partial charge in [-0.25, -0.2) is 0 Å². The highest BCUT2D eigenvalue weighted by atomic mass is 19.4. The van der Waals surface area contributed by atoms with Gasteiger partial charge < -0.3 is 5.73 Å². The molecule has 0 saturated heterocycles. The first kappa shape index (κ1) is 12.8. The zero-order valence-corrected chi connectivity index (χ0v) is 8.89. The van der Waals surface area contributed by atoms with Crippen LogP contribution in [0.4, 0.5) is 13.2 Å². The summed E-state index contributed by atoms with van der Waals surface area (Å²) >= 11 is 0. The highest BCUT2D eigenvalue weighted by Crippen LogP contribution is 2.26. The predicted octanol–water partition coefficient (Wildman–Crippen LogP) is 2.14. The van der Waals surface area contributed by atoms with Crippen LogP contribution in [0.5, 0.6) is 0 Å². The molecule has 0 unspecified atom stereocenters. The zero-order chi connectivity index (χ0) is 11.3. The molecule has 1 rings (SSSR count). The van der Waals surface area contributed by atoms with E-state index < -0.39 is 12.6 Å². The summed E-state index contributed by atoms with van der Waals surface area (Å²) in [5, 5.41) is 0. The molecule has 0 aromatic heterocycles. The summed E-state index contributed by atoms with van der Waals surface area (Å²) in [4.78, 5) is 2.11. The Morgan fingerprint density at radius 3 is 2.27 bits per heavy atom. The Morgan fingerprint density at radius 2 is 1.87 bits per heavy atom. The summed E-state index contributed by atoms with van der Waals surface area (Å²) < 4.78 is 35.8. The van der Waals surface area contributed by atoms with E-state index in [0.717, 1.165) is 19.4 Å². The molecule has 1 aliphatic carbocycles. The van der Waals surface area contributed by atoms with Crippen LogP contribution in [0.1, 0.15) is 32.1 Å². The second-order valence-electron chi connectivity index (χ2n) is 4.13. The Kier molecular flexibility index (Phi) is 4.86. The van der Waals surface area contributed by atoms with Gasteiger partial charge in [0.25, 0.3) is 0 Å². The molecule has 5 heteroatoms. The van der Waals surface area contributed by atoms with Crippen molar-refractivity contribution in [2.45, 2.75) is 44.3 Å². The second kappa shape index (κ2) is 5.70. The Labute approximate surface area is 88.6 Å². The van der Waals surface area contributed by atoms with Crippen LogP contribution in [-0.2, 0) is 0 Å². The maximum atomic E-state index is 11.9. The van der Waals surface area contributed by atoms with Crippen molar-refractivity contribution < 1.29 is 13.2 Å². The molecule has 90 valence electrons. The minimum absolute atomic E-state index is 0.194. The van der Waals surface area contributed by atoms with Gasteiger partial charge in [0.15, 0.2) is 0 Å². The highest BCUT2D eigenvalue weighted by Gasteiger charge is 2.28. The third kappa shape index (κ3) is 4.84. The second-order valence-corrected chi connectivity index (χ2v) is 4.13. The van der Waals surface area contributed by atoms with Crippen molar-refractivity contribution in [3.05, 3.63) is 0 Å². The number of nitrogens with zero attached hydrogens (tertiary/aromatic N) is 1. The highest BCUT2D eigenvalue weighted by molar-refractivity contribution is 4.80. The minimum Gasteiger partial charge on any atom is -0.329 e. The monoisotopic (exact) mass is 224 g/mol. The fraction of sp³-hybridized carbons (Fsp3) is 1.00. The first-order chi connectivity index (χ1) is 7.03. The smallest absolute Gasteiger partial charge is 0.329 e. The summed E-state index contributed by atoms with van der Waals surface area (Å²) in [6, 6.07) is 0.488. The quantitative estimate of drug-likeness (QED) is 0.749. The molecule has 0 aliphatic heterocycles. The molecule has 0 aromatic rings. The lowest BCUT2D eigenvalue weighted by Crippen LogP contribution is -2.43. The average Bonchev–Trinajstić information content (AvgIpc) is 1.98. The summed E-state index contributed by atoms with van der Waals surface area (Å²) in [6.07, 6.45) is -1.07. The molecule has 0 radical (unpaired) electrons.